The van der Waals surface area contributed by atoms with Crippen molar-refractivity contribution in [1.29, 1.82) is 0 Å². The second kappa shape index (κ2) is 6.75. The first-order valence-corrected chi connectivity index (χ1v) is 6.75. The highest BCUT2D eigenvalue weighted by molar-refractivity contribution is 5.75. The number of urea groups is 1. The van der Waals surface area contributed by atoms with E-state index in [-0.39, 0.29) is 30.6 Å². The zero-order valence-corrected chi connectivity index (χ0v) is 11.9. The number of carbonyl (C=O) groups is 2. The van der Waals surface area contributed by atoms with Crippen LogP contribution in [-0.2, 0) is 9.53 Å². The van der Waals surface area contributed by atoms with E-state index in [0.29, 0.717) is 13.2 Å². The molecule has 6 nitrogen and oxygen atoms in total. The van der Waals surface area contributed by atoms with E-state index < -0.39 is 5.97 Å². The number of carbonyl (C=O) groups excluding carboxylic acids is 1. The van der Waals surface area contributed by atoms with E-state index in [1.165, 1.54) is 4.90 Å². The van der Waals surface area contributed by atoms with Crippen molar-refractivity contribution >= 4 is 12.0 Å². The van der Waals surface area contributed by atoms with E-state index in [1.54, 1.807) is 0 Å². The average molecular weight is 272 g/mol. The summed E-state index contributed by atoms with van der Waals surface area (Å²) in [6, 6.07) is -0.0958. The molecular formula is C13H24N2O4. The van der Waals surface area contributed by atoms with E-state index >= 15 is 0 Å². The highest BCUT2D eigenvalue weighted by Gasteiger charge is 2.30. The second-order valence-corrected chi connectivity index (χ2v) is 5.47. The van der Waals surface area contributed by atoms with E-state index in [2.05, 4.69) is 5.32 Å². The molecule has 110 valence electrons. The Labute approximate surface area is 114 Å². The number of rotatable bonds is 5. The Hall–Kier alpha value is -1.30. The molecule has 0 aliphatic carbocycles. The summed E-state index contributed by atoms with van der Waals surface area (Å²) < 4.78 is 5.60. The van der Waals surface area contributed by atoms with Gasteiger partial charge in [0.15, 0.2) is 0 Å². The van der Waals surface area contributed by atoms with Gasteiger partial charge in [0.05, 0.1) is 12.0 Å². The Kier molecular flexibility index (Phi) is 5.60. The number of carboxylic acid groups (broad SMARTS) is 1. The maximum Gasteiger partial charge on any atom is 0.317 e. The summed E-state index contributed by atoms with van der Waals surface area (Å²) in [5.74, 6) is -0.890. The molecule has 2 N–H and O–H groups in total. The van der Waals surface area contributed by atoms with E-state index in [4.69, 9.17) is 9.84 Å². The predicted octanol–water partition coefficient (Wildman–Crippen LogP) is 1.45. The Morgan fingerprint density at radius 3 is 2.68 bits per heavy atom. The van der Waals surface area contributed by atoms with E-state index in [9.17, 15) is 9.59 Å². The van der Waals surface area contributed by atoms with Gasteiger partial charge in [0.1, 0.15) is 0 Å². The van der Waals surface area contributed by atoms with Crippen LogP contribution < -0.4 is 5.32 Å². The molecule has 0 saturated carbocycles. The largest absolute Gasteiger partial charge is 0.481 e. The minimum Gasteiger partial charge on any atom is -0.481 e. The van der Waals surface area contributed by atoms with E-state index in [0.717, 1.165) is 12.8 Å². The van der Waals surface area contributed by atoms with Gasteiger partial charge in [0.2, 0.25) is 0 Å². The molecule has 0 radical (unpaired) electrons. The number of hydrogen-bond donors (Lipinski definition) is 2. The molecule has 2 amide bonds. The minimum atomic E-state index is -0.890. The molecule has 1 heterocycles. The number of ether oxygens (including phenoxy) is 1. The van der Waals surface area contributed by atoms with Gasteiger partial charge in [-0.25, -0.2) is 4.79 Å². The predicted molar refractivity (Wildman–Crippen MR) is 71.1 cm³/mol. The topological polar surface area (TPSA) is 78.9 Å². The third kappa shape index (κ3) is 5.46. The van der Waals surface area contributed by atoms with Crippen molar-refractivity contribution in [3.8, 4) is 0 Å². The van der Waals surface area contributed by atoms with Crippen LogP contribution in [0.25, 0.3) is 0 Å². The second-order valence-electron chi connectivity index (χ2n) is 5.47. The average Bonchev–Trinajstić information content (AvgIpc) is 2.27. The number of hydrogen-bond acceptors (Lipinski definition) is 3. The third-order valence-electron chi connectivity index (χ3n) is 3.29. The highest BCUT2D eigenvalue weighted by atomic mass is 16.5. The first kappa shape index (κ1) is 15.8. The van der Waals surface area contributed by atoms with Gasteiger partial charge in [-0.1, -0.05) is 0 Å². The maximum absolute atomic E-state index is 12.0. The van der Waals surface area contributed by atoms with Crippen LogP contribution in [0.1, 0.15) is 40.0 Å². The molecule has 1 saturated heterocycles. The van der Waals surface area contributed by atoms with Crippen molar-refractivity contribution in [3.05, 3.63) is 0 Å². The summed E-state index contributed by atoms with van der Waals surface area (Å²) in [5, 5.41) is 11.6. The van der Waals surface area contributed by atoms with Crippen LogP contribution in [0.2, 0.25) is 0 Å². The lowest BCUT2D eigenvalue weighted by Crippen LogP contribution is -2.50. The standard InChI is InChI=1S/C13H24N2O4/c1-4-15(7-5-11(16)17)12(18)14-10-6-8-19-13(2,3)9-10/h10H,4-9H2,1-3H3,(H,14,18)(H,16,17). The van der Waals surface area contributed by atoms with Crippen molar-refractivity contribution in [1.82, 2.24) is 10.2 Å². The molecule has 1 aliphatic rings. The summed E-state index contributed by atoms with van der Waals surface area (Å²) in [7, 11) is 0. The van der Waals surface area contributed by atoms with Crippen LogP contribution in [0.5, 0.6) is 0 Å². The van der Waals surface area contributed by atoms with Gasteiger partial charge in [0, 0.05) is 25.7 Å². The minimum absolute atomic E-state index is 0.0273. The summed E-state index contributed by atoms with van der Waals surface area (Å²) in [6.45, 7) is 7.24. The maximum atomic E-state index is 12.0. The molecule has 19 heavy (non-hydrogen) atoms. The Balaban J connectivity index is 2.45. The molecule has 1 aliphatic heterocycles. The van der Waals surface area contributed by atoms with Crippen LogP contribution >= 0.6 is 0 Å². The molecule has 0 spiro atoms. The number of nitrogens with zero attached hydrogens (tertiary/aromatic N) is 1. The lowest BCUT2D eigenvalue weighted by Gasteiger charge is -2.36. The lowest BCUT2D eigenvalue weighted by atomic mass is 9.94. The summed E-state index contributed by atoms with van der Waals surface area (Å²) in [4.78, 5) is 24.1. The first-order valence-electron chi connectivity index (χ1n) is 6.75. The molecular weight excluding hydrogens is 248 g/mol. The molecule has 1 unspecified atom stereocenters. The fourth-order valence-electron chi connectivity index (χ4n) is 2.25. The molecule has 1 fully saturated rings. The Morgan fingerprint density at radius 2 is 2.16 bits per heavy atom. The van der Waals surface area contributed by atoms with Gasteiger partial charge in [-0.05, 0) is 33.6 Å². The molecule has 0 aromatic rings. The molecule has 0 aromatic carbocycles. The summed E-state index contributed by atoms with van der Waals surface area (Å²) in [5.41, 5.74) is -0.214. The van der Waals surface area contributed by atoms with Gasteiger partial charge in [-0.2, -0.15) is 0 Å². The van der Waals surface area contributed by atoms with Crippen molar-refractivity contribution in [2.24, 2.45) is 0 Å². The Morgan fingerprint density at radius 1 is 1.47 bits per heavy atom. The normalized spacial score (nSPS) is 21.7. The first-order chi connectivity index (χ1) is 8.84. The summed E-state index contributed by atoms with van der Waals surface area (Å²) >= 11 is 0. The number of nitrogens with one attached hydrogen (secondary N) is 1. The van der Waals surface area contributed by atoms with E-state index in [1.807, 2.05) is 20.8 Å². The van der Waals surface area contributed by atoms with Gasteiger partial charge in [0.25, 0.3) is 0 Å². The number of aliphatic carboxylic acids is 1. The summed E-state index contributed by atoms with van der Waals surface area (Å²) in [6.07, 6.45) is 1.54. The van der Waals surface area contributed by atoms with Gasteiger partial charge in [-0.15, -0.1) is 0 Å². The fourth-order valence-corrected chi connectivity index (χ4v) is 2.25. The van der Waals surface area contributed by atoms with Crippen molar-refractivity contribution in [3.63, 3.8) is 0 Å². The van der Waals surface area contributed by atoms with Crippen molar-refractivity contribution < 1.29 is 19.4 Å². The zero-order valence-electron chi connectivity index (χ0n) is 11.9. The molecule has 1 rings (SSSR count). The highest BCUT2D eigenvalue weighted by Crippen LogP contribution is 2.23. The number of amides is 2. The van der Waals surface area contributed by atoms with Crippen LogP contribution in [0, 0.1) is 0 Å². The van der Waals surface area contributed by atoms with Crippen LogP contribution in [-0.4, -0.2) is 53.3 Å². The quantitative estimate of drug-likeness (QED) is 0.794. The number of carboxylic acids is 1. The van der Waals surface area contributed by atoms with Crippen LogP contribution in [0.15, 0.2) is 0 Å². The molecule has 0 bridgehead atoms. The van der Waals surface area contributed by atoms with Crippen molar-refractivity contribution in [2.75, 3.05) is 19.7 Å². The lowest BCUT2D eigenvalue weighted by molar-refractivity contribution is -0.137. The zero-order chi connectivity index (χ0) is 14.5. The third-order valence-corrected chi connectivity index (χ3v) is 3.29. The molecule has 6 heteroatoms. The van der Waals surface area contributed by atoms with Crippen LogP contribution in [0.4, 0.5) is 4.79 Å². The smallest absolute Gasteiger partial charge is 0.317 e. The van der Waals surface area contributed by atoms with Gasteiger partial charge >= 0.3 is 12.0 Å². The fraction of sp³-hybridized carbons (Fsp3) is 0.846. The van der Waals surface area contributed by atoms with Crippen molar-refractivity contribution in [2.45, 2.75) is 51.7 Å². The van der Waals surface area contributed by atoms with Gasteiger partial charge in [-0.3, -0.25) is 4.79 Å². The Bertz CT molecular complexity index is 331. The molecule has 1 atom stereocenters. The monoisotopic (exact) mass is 272 g/mol. The SMILES string of the molecule is CCN(CCC(=O)O)C(=O)NC1CCOC(C)(C)C1. The molecule has 0 aromatic heterocycles. The van der Waals surface area contributed by atoms with Crippen LogP contribution in [0.3, 0.4) is 0 Å². The van der Waals surface area contributed by atoms with Gasteiger partial charge < -0.3 is 20.1 Å².